The predicted octanol–water partition coefficient (Wildman–Crippen LogP) is 4.76. The van der Waals surface area contributed by atoms with Crippen molar-refractivity contribution >= 4 is 23.4 Å². The Hall–Kier alpha value is -3.02. The van der Waals surface area contributed by atoms with Crippen molar-refractivity contribution in [3.63, 3.8) is 0 Å². The molecular formula is C26H33NO5. The van der Waals surface area contributed by atoms with Crippen molar-refractivity contribution in [3.8, 4) is 0 Å². The Bertz CT molecular complexity index is 940. The molecule has 0 radical (unpaired) electrons. The number of amides is 1. The predicted molar refractivity (Wildman–Crippen MR) is 122 cm³/mol. The number of benzene rings is 1. The molecule has 0 aliphatic heterocycles. The van der Waals surface area contributed by atoms with Gasteiger partial charge >= 0.3 is 5.97 Å². The second-order valence-corrected chi connectivity index (χ2v) is 8.61. The zero-order chi connectivity index (χ0) is 23.8. The highest BCUT2D eigenvalue weighted by atomic mass is 16.7. The second-order valence-electron chi connectivity index (χ2n) is 8.61. The fourth-order valence-corrected chi connectivity index (χ4v) is 3.79. The molecule has 0 heterocycles. The maximum atomic E-state index is 13.1. The number of hydroxylamine groups is 1. The van der Waals surface area contributed by atoms with Gasteiger partial charge in [0, 0.05) is 34.6 Å². The molecule has 2 rings (SSSR count). The highest BCUT2D eigenvalue weighted by Crippen LogP contribution is 2.37. The third-order valence-corrected chi connectivity index (χ3v) is 5.92. The van der Waals surface area contributed by atoms with Crippen molar-refractivity contribution in [3.05, 3.63) is 58.2 Å². The van der Waals surface area contributed by atoms with Gasteiger partial charge in [-0.15, -0.1) is 0 Å². The van der Waals surface area contributed by atoms with Crippen LogP contribution in [0.15, 0.2) is 52.6 Å². The molecular weight excluding hydrogens is 406 g/mol. The van der Waals surface area contributed by atoms with Gasteiger partial charge in [-0.3, -0.25) is 14.4 Å². The van der Waals surface area contributed by atoms with Crippen LogP contribution >= 0.6 is 0 Å². The lowest BCUT2D eigenvalue weighted by Crippen LogP contribution is -2.28. The fourth-order valence-electron chi connectivity index (χ4n) is 3.79. The van der Waals surface area contributed by atoms with Gasteiger partial charge in [0.15, 0.2) is 11.6 Å². The Kier molecular flexibility index (Phi) is 9.12. The summed E-state index contributed by atoms with van der Waals surface area (Å²) in [4.78, 5) is 53.8. The van der Waals surface area contributed by atoms with Crippen molar-refractivity contribution < 1.29 is 24.0 Å². The largest absolute Gasteiger partial charge is 0.341 e. The molecule has 0 saturated carbocycles. The molecule has 0 aromatic heterocycles. The summed E-state index contributed by atoms with van der Waals surface area (Å²) >= 11 is 0. The molecule has 32 heavy (non-hydrogen) atoms. The molecule has 1 amide bonds. The van der Waals surface area contributed by atoms with Crippen molar-refractivity contribution in [2.75, 3.05) is 0 Å². The van der Waals surface area contributed by atoms with E-state index in [-0.39, 0.29) is 35.7 Å². The first-order chi connectivity index (χ1) is 15.1. The van der Waals surface area contributed by atoms with Gasteiger partial charge in [0.25, 0.3) is 5.91 Å². The minimum atomic E-state index is -0.473. The molecule has 1 aromatic rings. The minimum Gasteiger partial charge on any atom is -0.341 e. The van der Waals surface area contributed by atoms with Gasteiger partial charge in [0.05, 0.1) is 5.92 Å². The van der Waals surface area contributed by atoms with Crippen LogP contribution in [0.4, 0.5) is 0 Å². The average Bonchev–Trinajstić information content (AvgIpc) is 2.79. The van der Waals surface area contributed by atoms with Crippen molar-refractivity contribution in [1.82, 2.24) is 5.48 Å². The number of allylic oxidation sites excluding steroid dienone is 4. The third kappa shape index (κ3) is 6.25. The van der Waals surface area contributed by atoms with Gasteiger partial charge < -0.3 is 4.84 Å². The van der Waals surface area contributed by atoms with Gasteiger partial charge in [-0.1, -0.05) is 57.0 Å². The first-order valence-corrected chi connectivity index (χ1v) is 11.2. The van der Waals surface area contributed by atoms with E-state index >= 15 is 0 Å². The van der Waals surface area contributed by atoms with E-state index in [1.54, 1.807) is 34.6 Å². The standard InChI is InChI=1S/C26H33NO5/c1-16(2)26(31)32-27-22(28)15-11-7-10-14-21(20-12-8-6-9-13-20)23-19(5)24(29)17(3)18(4)25(23)30/h6,8-9,12-13,16,21H,7,10-11,14-15H2,1-5H3,(H,27,28). The summed E-state index contributed by atoms with van der Waals surface area (Å²) in [5.41, 5.74) is 5.34. The van der Waals surface area contributed by atoms with Crippen LogP contribution < -0.4 is 5.48 Å². The monoisotopic (exact) mass is 439 g/mol. The molecule has 1 aliphatic carbocycles. The van der Waals surface area contributed by atoms with Crippen LogP contribution in [0, 0.1) is 5.92 Å². The van der Waals surface area contributed by atoms with Gasteiger partial charge in [0.2, 0.25) is 0 Å². The van der Waals surface area contributed by atoms with Crippen molar-refractivity contribution in [1.29, 1.82) is 0 Å². The van der Waals surface area contributed by atoms with Gasteiger partial charge in [0.1, 0.15) is 0 Å². The van der Waals surface area contributed by atoms with E-state index < -0.39 is 5.97 Å². The molecule has 1 aliphatic rings. The number of hydrogen-bond acceptors (Lipinski definition) is 5. The van der Waals surface area contributed by atoms with Crippen LogP contribution in [-0.4, -0.2) is 23.4 Å². The zero-order valence-corrected chi connectivity index (χ0v) is 19.6. The molecule has 0 fully saturated rings. The quantitative estimate of drug-likeness (QED) is 0.340. The van der Waals surface area contributed by atoms with E-state index in [1.807, 2.05) is 30.3 Å². The smallest absolute Gasteiger partial charge is 0.334 e. The lowest BCUT2D eigenvalue weighted by Gasteiger charge is -2.26. The first-order valence-electron chi connectivity index (χ1n) is 11.2. The topological polar surface area (TPSA) is 89.5 Å². The molecule has 1 aromatic carbocycles. The van der Waals surface area contributed by atoms with Crippen molar-refractivity contribution in [2.24, 2.45) is 5.92 Å². The lowest BCUT2D eigenvalue weighted by atomic mass is 9.76. The highest BCUT2D eigenvalue weighted by molar-refractivity contribution is 6.25. The number of rotatable bonds is 9. The minimum absolute atomic E-state index is 0.0557. The molecule has 0 bridgehead atoms. The first kappa shape index (κ1) is 25.2. The molecule has 1 N–H and O–H groups in total. The SMILES string of the molecule is CC1=C(C)C(=O)C(C(CCCCCC(=O)NOC(=O)C(C)C)c2ccccc2)=C(C)C1=O. The summed E-state index contributed by atoms with van der Waals surface area (Å²) < 4.78 is 0. The molecule has 0 saturated heterocycles. The normalized spacial score (nSPS) is 15.3. The Morgan fingerprint density at radius 1 is 0.875 bits per heavy atom. The van der Waals surface area contributed by atoms with Crippen LogP contribution in [-0.2, 0) is 24.0 Å². The molecule has 1 atom stereocenters. The Balaban J connectivity index is 2.01. The van der Waals surface area contributed by atoms with E-state index in [2.05, 4.69) is 5.48 Å². The molecule has 172 valence electrons. The average molecular weight is 440 g/mol. The second kappa shape index (κ2) is 11.6. The summed E-state index contributed by atoms with van der Waals surface area (Å²) in [5.74, 6) is -1.40. The summed E-state index contributed by atoms with van der Waals surface area (Å²) in [6.45, 7) is 8.55. The van der Waals surface area contributed by atoms with Crippen LogP contribution in [0.1, 0.15) is 78.2 Å². The Morgan fingerprint density at radius 3 is 2.12 bits per heavy atom. The maximum Gasteiger partial charge on any atom is 0.334 e. The highest BCUT2D eigenvalue weighted by Gasteiger charge is 2.33. The summed E-state index contributed by atoms with van der Waals surface area (Å²) in [5, 5.41) is 0. The summed E-state index contributed by atoms with van der Waals surface area (Å²) in [6, 6.07) is 9.77. The molecule has 6 nitrogen and oxygen atoms in total. The van der Waals surface area contributed by atoms with Gasteiger partial charge in [-0.2, -0.15) is 5.48 Å². The number of carbonyl (C=O) groups excluding carboxylic acids is 4. The number of ketones is 2. The van der Waals surface area contributed by atoms with E-state index in [0.717, 1.165) is 18.4 Å². The molecule has 1 unspecified atom stereocenters. The van der Waals surface area contributed by atoms with Crippen molar-refractivity contribution in [2.45, 2.75) is 72.6 Å². The number of unbranched alkanes of at least 4 members (excludes halogenated alkanes) is 2. The number of Topliss-reactive ketones (excluding diaryl/α,β-unsaturated/α-hetero) is 2. The van der Waals surface area contributed by atoms with Crippen LogP contribution in [0.5, 0.6) is 0 Å². The van der Waals surface area contributed by atoms with E-state index in [0.29, 0.717) is 35.1 Å². The third-order valence-electron chi connectivity index (χ3n) is 5.92. The van der Waals surface area contributed by atoms with Crippen LogP contribution in [0.2, 0.25) is 0 Å². The Labute approximate surface area is 190 Å². The lowest BCUT2D eigenvalue weighted by molar-refractivity contribution is -0.161. The van der Waals surface area contributed by atoms with Crippen LogP contribution in [0.3, 0.4) is 0 Å². The number of hydrogen-bond donors (Lipinski definition) is 1. The maximum absolute atomic E-state index is 13.1. The van der Waals surface area contributed by atoms with Gasteiger partial charge in [-0.25, -0.2) is 4.79 Å². The van der Waals surface area contributed by atoms with E-state index in [9.17, 15) is 19.2 Å². The summed E-state index contributed by atoms with van der Waals surface area (Å²) in [6.07, 6.45) is 3.15. The molecule has 6 heteroatoms. The van der Waals surface area contributed by atoms with E-state index in [1.165, 1.54) is 0 Å². The summed E-state index contributed by atoms with van der Waals surface area (Å²) in [7, 11) is 0. The van der Waals surface area contributed by atoms with Gasteiger partial charge in [-0.05, 0) is 39.2 Å². The Morgan fingerprint density at radius 2 is 1.50 bits per heavy atom. The number of carbonyl (C=O) groups is 4. The zero-order valence-electron chi connectivity index (χ0n) is 19.6. The number of nitrogens with one attached hydrogen (secondary N) is 1. The fraction of sp³-hybridized carbons (Fsp3) is 0.462. The van der Waals surface area contributed by atoms with E-state index in [4.69, 9.17) is 4.84 Å². The van der Waals surface area contributed by atoms with Crippen LogP contribution in [0.25, 0.3) is 0 Å². The molecule has 0 spiro atoms.